The van der Waals surface area contributed by atoms with Crippen LogP contribution in [-0.4, -0.2) is 30.4 Å². The van der Waals surface area contributed by atoms with Crippen LogP contribution >= 0.6 is 0 Å². The zero-order chi connectivity index (χ0) is 18.2. The highest BCUT2D eigenvalue weighted by Gasteiger charge is 2.14. The number of hydrazone groups is 1. The number of carboxylic acid groups (broad SMARTS) is 1. The molecule has 0 saturated heterocycles. The van der Waals surface area contributed by atoms with E-state index in [4.69, 9.17) is 10.9 Å². The van der Waals surface area contributed by atoms with E-state index in [2.05, 4.69) is 10.4 Å². The molecule has 0 unspecified atom stereocenters. The number of carbonyl (C=O) groups is 2. The number of nitrogens with zero attached hydrogens (tertiary/aromatic N) is 2. The summed E-state index contributed by atoms with van der Waals surface area (Å²) < 4.78 is 0. The first-order valence-corrected chi connectivity index (χ1v) is 7.68. The van der Waals surface area contributed by atoms with Gasteiger partial charge in [0.25, 0.3) is 5.91 Å². The number of anilines is 2. The van der Waals surface area contributed by atoms with Crippen LogP contribution in [0.2, 0.25) is 0 Å². The van der Waals surface area contributed by atoms with Crippen molar-refractivity contribution in [3.63, 3.8) is 0 Å². The molecule has 0 saturated carbocycles. The predicted octanol–water partition coefficient (Wildman–Crippen LogP) is 2.29. The van der Waals surface area contributed by atoms with Crippen LogP contribution in [0.5, 0.6) is 0 Å². The molecule has 0 spiro atoms. The summed E-state index contributed by atoms with van der Waals surface area (Å²) in [5.41, 5.74) is 2.87. The second kappa shape index (κ2) is 8.49. The van der Waals surface area contributed by atoms with Gasteiger partial charge in [-0.25, -0.2) is 0 Å². The molecule has 0 radical (unpaired) electrons. The summed E-state index contributed by atoms with van der Waals surface area (Å²) in [5.74, 6) is 4.06. The van der Waals surface area contributed by atoms with Gasteiger partial charge < -0.3 is 21.2 Å². The molecule has 7 heteroatoms. The standard InChI is InChI=1S/C18H20N4O3/c1-22(16-8-5-13(6-9-16)7-10-17(23)24)18(25)14-3-2-4-15(11-14)20-12-21-19/h2-6,8-9,11-12H,7,10,19H2,1H3,(H,20,21)(H,23,24). The molecular formula is C18H20N4O3. The quantitative estimate of drug-likeness (QED) is 0.310. The fraction of sp³-hybridized carbons (Fsp3) is 0.167. The molecule has 0 aliphatic carbocycles. The van der Waals surface area contributed by atoms with E-state index >= 15 is 0 Å². The maximum absolute atomic E-state index is 12.6. The van der Waals surface area contributed by atoms with Crippen molar-refractivity contribution < 1.29 is 14.7 Å². The van der Waals surface area contributed by atoms with Crippen molar-refractivity contribution in [1.82, 2.24) is 0 Å². The number of nitrogens with two attached hydrogens (primary N) is 1. The first-order chi connectivity index (χ1) is 12.0. The highest BCUT2D eigenvalue weighted by atomic mass is 16.4. The lowest BCUT2D eigenvalue weighted by molar-refractivity contribution is -0.136. The lowest BCUT2D eigenvalue weighted by Gasteiger charge is -2.18. The molecule has 4 N–H and O–H groups in total. The summed E-state index contributed by atoms with van der Waals surface area (Å²) in [5, 5.41) is 14.9. The second-order valence-electron chi connectivity index (χ2n) is 5.43. The van der Waals surface area contributed by atoms with Gasteiger partial charge in [-0.05, 0) is 42.3 Å². The van der Waals surface area contributed by atoms with Crippen molar-refractivity contribution >= 4 is 29.6 Å². The number of carbonyl (C=O) groups excluding carboxylic acids is 1. The third-order valence-corrected chi connectivity index (χ3v) is 3.67. The Morgan fingerprint density at radius 2 is 1.96 bits per heavy atom. The highest BCUT2D eigenvalue weighted by molar-refractivity contribution is 6.06. The van der Waals surface area contributed by atoms with Gasteiger partial charge in [0.15, 0.2) is 0 Å². The summed E-state index contributed by atoms with van der Waals surface area (Å²) in [4.78, 5) is 24.8. The van der Waals surface area contributed by atoms with Crippen molar-refractivity contribution in [3.8, 4) is 0 Å². The van der Waals surface area contributed by atoms with E-state index in [1.807, 2.05) is 12.1 Å². The minimum atomic E-state index is -0.829. The average molecular weight is 340 g/mol. The lowest BCUT2D eigenvalue weighted by Crippen LogP contribution is -2.26. The maximum atomic E-state index is 12.6. The van der Waals surface area contributed by atoms with E-state index in [9.17, 15) is 9.59 Å². The number of hydrogen-bond acceptors (Lipinski definition) is 4. The fourth-order valence-corrected chi connectivity index (χ4v) is 2.30. The maximum Gasteiger partial charge on any atom is 0.303 e. The van der Waals surface area contributed by atoms with Crippen molar-refractivity contribution in [3.05, 3.63) is 59.7 Å². The van der Waals surface area contributed by atoms with Gasteiger partial charge >= 0.3 is 5.97 Å². The summed E-state index contributed by atoms with van der Waals surface area (Å²) in [7, 11) is 1.69. The van der Waals surface area contributed by atoms with Crippen LogP contribution in [0.25, 0.3) is 0 Å². The van der Waals surface area contributed by atoms with E-state index in [-0.39, 0.29) is 12.3 Å². The number of aliphatic carboxylic acids is 1. The Morgan fingerprint density at radius 3 is 2.60 bits per heavy atom. The molecule has 7 nitrogen and oxygen atoms in total. The third kappa shape index (κ3) is 5.07. The number of aryl methyl sites for hydroxylation is 1. The summed E-state index contributed by atoms with van der Waals surface area (Å²) >= 11 is 0. The number of rotatable bonds is 7. The molecule has 2 rings (SSSR count). The number of benzene rings is 2. The molecule has 25 heavy (non-hydrogen) atoms. The SMILES string of the molecule is CN(C(=O)c1cccc(NC=NN)c1)c1ccc(CCC(=O)O)cc1. The van der Waals surface area contributed by atoms with Gasteiger partial charge in [0.05, 0.1) is 0 Å². The molecule has 2 aromatic carbocycles. The zero-order valence-electron chi connectivity index (χ0n) is 13.8. The Balaban J connectivity index is 2.10. The molecule has 2 aromatic rings. The Kier molecular flexibility index (Phi) is 6.11. The molecule has 0 aromatic heterocycles. The smallest absolute Gasteiger partial charge is 0.303 e. The Bertz CT molecular complexity index is 772. The Hall–Kier alpha value is -3.35. The van der Waals surface area contributed by atoms with E-state index < -0.39 is 5.97 Å². The van der Waals surface area contributed by atoms with E-state index in [0.717, 1.165) is 11.3 Å². The van der Waals surface area contributed by atoms with E-state index in [0.29, 0.717) is 17.7 Å². The molecule has 0 aliphatic heterocycles. The van der Waals surface area contributed by atoms with E-state index in [1.165, 1.54) is 11.2 Å². The van der Waals surface area contributed by atoms with Crippen LogP contribution in [0.1, 0.15) is 22.3 Å². The van der Waals surface area contributed by atoms with Crippen LogP contribution in [0.15, 0.2) is 53.6 Å². The summed E-state index contributed by atoms with van der Waals surface area (Å²) in [6.45, 7) is 0. The highest BCUT2D eigenvalue weighted by Crippen LogP contribution is 2.19. The van der Waals surface area contributed by atoms with Crippen molar-refractivity contribution in [2.75, 3.05) is 17.3 Å². The van der Waals surface area contributed by atoms with Gasteiger partial charge in [0.2, 0.25) is 0 Å². The largest absolute Gasteiger partial charge is 0.481 e. The number of nitrogens with one attached hydrogen (secondary N) is 1. The van der Waals surface area contributed by atoms with Crippen molar-refractivity contribution in [2.24, 2.45) is 10.9 Å². The van der Waals surface area contributed by atoms with Crippen LogP contribution in [0.3, 0.4) is 0 Å². The lowest BCUT2D eigenvalue weighted by atomic mass is 10.1. The number of amides is 1. The van der Waals surface area contributed by atoms with Gasteiger partial charge in [-0.3, -0.25) is 9.59 Å². The van der Waals surface area contributed by atoms with Crippen molar-refractivity contribution in [2.45, 2.75) is 12.8 Å². The van der Waals surface area contributed by atoms with Gasteiger partial charge in [0, 0.05) is 30.4 Å². The van der Waals surface area contributed by atoms with Crippen LogP contribution < -0.4 is 16.1 Å². The molecular weight excluding hydrogens is 320 g/mol. The molecule has 0 bridgehead atoms. The molecule has 1 amide bonds. The first kappa shape index (κ1) is 18.0. The second-order valence-corrected chi connectivity index (χ2v) is 5.43. The first-order valence-electron chi connectivity index (χ1n) is 7.68. The van der Waals surface area contributed by atoms with Gasteiger partial charge in [-0.15, -0.1) is 0 Å². The number of hydrogen-bond donors (Lipinski definition) is 3. The molecule has 130 valence electrons. The Morgan fingerprint density at radius 1 is 1.24 bits per heavy atom. The van der Waals surface area contributed by atoms with Crippen molar-refractivity contribution in [1.29, 1.82) is 0 Å². The molecule has 0 atom stereocenters. The minimum Gasteiger partial charge on any atom is -0.481 e. The van der Waals surface area contributed by atoms with Crippen LogP contribution in [0.4, 0.5) is 11.4 Å². The molecule has 0 aliphatic rings. The normalized spacial score (nSPS) is 10.6. The van der Waals surface area contributed by atoms with Crippen LogP contribution in [-0.2, 0) is 11.2 Å². The third-order valence-electron chi connectivity index (χ3n) is 3.67. The fourth-order valence-electron chi connectivity index (χ4n) is 2.30. The Labute approximate surface area is 145 Å². The minimum absolute atomic E-state index is 0.0833. The molecule has 0 heterocycles. The zero-order valence-corrected chi connectivity index (χ0v) is 13.8. The van der Waals surface area contributed by atoms with E-state index in [1.54, 1.807) is 43.4 Å². The molecule has 0 fully saturated rings. The number of carboxylic acids is 1. The summed E-state index contributed by atoms with van der Waals surface area (Å²) in [6.07, 6.45) is 1.88. The summed E-state index contributed by atoms with van der Waals surface area (Å²) in [6, 6.07) is 14.3. The topological polar surface area (TPSA) is 108 Å². The van der Waals surface area contributed by atoms with Crippen LogP contribution in [0, 0.1) is 0 Å². The predicted molar refractivity (Wildman–Crippen MR) is 97.9 cm³/mol. The monoisotopic (exact) mass is 340 g/mol. The van der Waals surface area contributed by atoms with Gasteiger partial charge in [0.1, 0.15) is 6.34 Å². The van der Waals surface area contributed by atoms with Gasteiger partial charge in [-0.1, -0.05) is 18.2 Å². The average Bonchev–Trinajstić information content (AvgIpc) is 2.64. The van der Waals surface area contributed by atoms with Gasteiger partial charge in [-0.2, -0.15) is 5.10 Å².